The van der Waals surface area contributed by atoms with E-state index in [2.05, 4.69) is 16.9 Å². The third kappa shape index (κ3) is 2.69. The van der Waals surface area contributed by atoms with Gasteiger partial charge in [0.05, 0.1) is 25.1 Å². The summed E-state index contributed by atoms with van der Waals surface area (Å²) in [6.45, 7) is 3.55. The number of likely N-dealkylation sites (N-methyl/N-ethyl adjacent to an activating group) is 1. The Morgan fingerprint density at radius 1 is 1.57 bits per heavy atom. The molecule has 0 amide bonds. The van der Waals surface area contributed by atoms with E-state index in [1.165, 1.54) is 12.8 Å². The molecule has 1 atom stereocenters. The zero-order chi connectivity index (χ0) is 9.97. The van der Waals surface area contributed by atoms with E-state index in [4.69, 9.17) is 10.5 Å². The van der Waals surface area contributed by atoms with Crippen molar-refractivity contribution >= 4 is 5.84 Å². The molecule has 0 aromatic heterocycles. The first-order chi connectivity index (χ1) is 6.75. The number of hydrogen-bond acceptors (Lipinski definition) is 3. The summed E-state index contributed by atoms with van der Waals surface area (Å²) in [6, 6.07) is 0. The Morgan fingerprint density at radius 3 is 3.00 bits per heavy atom. The summed E-state index contributed by atoms with van der Waals surface area (Å²) in [6.07, 6.45) is 2.69. The second-order valence-electron chi connectivity index (χ2n) is 4.29. The van der Waals surface area contributed by atoms with Gasteiger partial charge in [0.15, 0.2) is 0 Å². The maximum absolute atomic E-state index is 5.81. The van der Waals surface area contributed by atoms with Crippen molar-refractivity contribution in [3.8, 4) is 0 Å². The maximum atomic E-state index is 5.81. The van der Waals surface area contributed by atoms with E-state index in [0.29, 0.717) is 5.92 Å². The molecule has 1 unspecified atom stereocenters. The Hall–Kier alpha value is -0.610. The molecular weight excluding hydrogens is 178 g/mol. The molecular formula is C10H19N3O. The Balaban J connectivity index is 1.75. The van der Waals surface area contributed by atoms with Crippen LogP contribution in [0.5, 0.6) is 0 Å². The highest BCUT2D eigenvalue weighted by atomic mass is 16.5. The van der Waals surface area contributed by atoms with Gasteiger partial charge in [-0.2, -0.15) is 0 Å². The largest absolute Gasteiger partial charge is 0.387 e. The van der Waals surface area contributed by atoms with Crippen LogP contribution in [0.1, 0.15) is 12.8 Å². The lowest BCUT2D eigenvalue weighted by Gasteiger charge is -2.29. The van der Waals surface area contributed by atoms with E-state index < -0.39 is 0 Å². The molecule has 4 heteroatoms. The van der Waals surface area contributed by atoms with Crippen molar-refractivity contribution in [2.75, 3.05) is 33.3 Å². The van der Waals surface area contributed by atoms with Gasteiger partial charge in [0.2, 0.25) is 0 Å². The minimum absolute atomic E-state index is 0.242. The topological polar surface area (TPSA) is 50.8 Å². The fourth-order valence-corrected chi connectivity index (χ4v) is 1.69. The lowest BCUT2D eigenvalue weighted by molar-refractivity contribution is -0.0136. The number of hydrogen-bond donors (Lipinski definition) is 1. The zero-order valence-electron chi connectivity index (χ0n) is 8.78. The molecule has 4 nitrogen and oxygen atoms in total. The third-order valence-corrected chi connectivity index (χ3v) is 2.81. The number of aliphatic imine (C=N–C) groups is 1. The van der Waals surface area contributed by atoms with Crippen LogP contribution in [0.25, 0.3) is 0 Å². The second kappa shape index (κ2) is 4.28. The molecule has 2 fully saturated rings. The van der Waals surface area contributed by atoms with Crippen molar-refractivity contribution in [3.63, 3.8) is 0 Å². The number of rotatable bonds is 3. The fraction of sp³-hybridized carbons (Fsp3) is 0.900. The summed E-state index contributed by atoms with van der Waals surface area (Å²) in [4.78, 5) is 6.66. The van der Waals surface area contributed by atoms with E-state index in [0.717, 1.165) is 32.1 Å². The second-order valence-corrected chi connectivity index (χ2v) is 4.29. The van der Waals surface area contributed by atoms with Gasteiger partial charge in [0, 0.05) is 19.0 Å². The Morgan fingerprint density at radius 2 is 2.36 bits per heavy atom. The van der Waals surface area contributed by atoms with Gasteiger partial charge in [-0.25, -0.2) is 0 Å². The molecule has 0 aromatic carbocycles. The van der Waals surface area contributed by atoms with Crippen LogP contribution in [0.15, 0.2) is 4.99 Å². The van der Waals surface area contributed by atoms with E-state index in [1.54, 1.807) is 0 Å². The highest BCUT2D eigenvalue weighted by Gasteiger charge is 2.26. The van der Waals surface area contributed by atoms with Crippen molar-refractivity contribution in [2.45, 2.75) is 18.9 Å². The van der Waals surface area contributed by atoms with Crippen molar-refractivity contribution in [1.29, 1.82) is 0 Å². The zero-order valence-corrected chi connectivity index (χ0v) is 8.78. The van der Waals surface area contributed by atoms with Gasteiger partial charge >= 0.3 is 0 Å². The summed E-state index contributed by atoms with van der Waals surface area (Å²) in [5.41, 5.74) is 5.81. The van der Waals surface area contributed by atoms with Gasteiger partial charge in [0.25, 0.3) is 0 Å². The van der Waals surface area contributed by atoms with Crippen molar-refractivity contribution in [1.82, 2.24) is 4.90 Å². The Labute approximate surface area is 85.1 Å². The molecule has 1 aliphatic carbocycles. The molecule has 0 radical (unpaired) electrons. The molecule has 2 N–H and O–H groups in total. The van der Waals surface area contributed by atoms with E-state index in [-0.39, 0.29) is 6.10 Å². The number of morpholine rings is 1. The summed E-state index contributed by atoms with van der Waals surface area (Å²) in [5, 5.41) is 0. The highest BCUT2D eigenvalue weighted by molar-refractivity contribution is 5.84. The summed E-state index contributed by atoms with van der Waals surface area (Å²) < 4.78 is 5.59. The average molecular weight is 197 g/mol. The molecule has 0 spiro atoms. The van der Waals surface area contributed by atoms with Gasteiger partial charge in [0.1, 0.15) is 0 Å². The van der Waals surface area contributed by atoms with Crippen LogP contribution in [-0.2, 0) is 4.74 Å². The van der Waals surface area contributed by atoms with E-state index >= 15 is 0 Å². The molecule has 2 rings (SSSR count). The molecule has 14 heavy (non-hydrogen) atoms. The number of amidine groups is 1. The van der Waals surface area contributed by atoms with Crippen LogP contribution in [0.3, 0.4) is 0 Å². The first kappa shape index (κ1) is 9.93. The Bertz CT molecular complexity index is 225. The van der Waals surface area contributed by atoms with Crippen molar-refractivity contribution in [3.05, 3.63) is 0 Å². The molecule has 80 valence electrons. The van der Waals surface area contributed by atoms with Crippen LogP contribution in [0.4, 0.5) is 0 Å². The minimum Gasteiger partial charge on any atom is -0.387 e. The fourth-order valence-electron chi connectivity index (χ4n) is 1.69. The number of nitrogens with two attached hydrogens (primary N) is 1. The normalized spacial score (nSPS) is 30.6. The van der Waals surface area contributed by atoms with Crippen molar-refractivity contribution in [2.24, 2.45) is 16.6 Å². The minimum atomic E-state index is 0.242. The van der Waals surface area contributed by atoms with Crippen LogP contribution < -0.4 is 5.73 Å². The molecule has 1 saturated carbocycles. The lowest BCUT2D eigenvalue weighted by atomic mass is 10.3. The lowest BCUT2D eigenvalue weighted by Crippen LogP contribution is -2.41. The smallest absolute Gasteiger partial charge is 0.0969 e. The van der Waals surface area contributed by atoms with Crippen molar-refractivity contribution < 1.29 is 4.74 Å². The summed E-state index contributed by atoms with van der Waals surface area (Å²) in [5.74, 6) is 1.41. The van der Waals surface area contributed by atoms with Crippen LogP contribution in [0, 0.1) is 5.92 Å². The first-order valence-corrected chi connectivity index (χ1v) is 5.35. The summed E-state index contributed by atoms with van der Waals surface area (Å²) >= 11 is 0. The molecule has 1 saturated heterocycles. The summed E-state index contributed by atoms with van der Waals surface area (Å²) in [7, 11) is 2.11. The van der Waals surface area contributed by atoms with Gasteiger partial charge in [-0.1, -0.05) is 0 Å². The van der Waals surface area contributed by atoms with Gasteiger partial charge in [-0.3, -0.25) is 4.99 Å². The van der Waals surface area contributed by atoms with Crippen LogP contribution in [0.2, 0.25) is 0 Å². The quantitative estimate of drug-likeness (QED) is 0.515. The molecule has 0 bridgehead atoms. The molecule has 1 aliphatic heterocycles. The third-order valence-electron chi connectivity index (χ3n) is 2.81. The SMILES string of the molecule is CN1CCOC(CN=C(N)C2CC2)C1. The number of nitrogens with zero attached hydrogens (tertiary/aromatic N) is 2. The monoisotopic (exact) mass is 197 g/mol. The van der Waals surface area contributed by atoms with Crippen LogP contribution in [-0.4, -0.2) is 50.1 Å². The van der Waals surface area contributed by atoms with Crippen LogP contribution >= 0.6 is 0 Å². The van der Waals surface area contributed by atoms with Gasteiger partial charge in [-0.15, -0.1) is 0 Å². The highest BCUT2D eigenvalue weighted by Crippen LogP contribution is 2.28. The molecule has 0 aromatic rings. The average Bonchev–Trinajstić information content (AvgIpc) is 2.97. The van der Waals surface area contributed by atoms with Gasteiger partial charge < -0.3 is 15.4 Å². The van der Waals surface area contributed by atoms with E-state index in [1.807, 2.05) is 0 Å². The number of ether oxygens (including phenoxy) is 1. The molecule has 2 aliphatic rings. The maximum Gasteiger partial charge on any atom is 0.0969 e. The first-order valence-electron chi connectivity index (χ1n) is 5.35. The standard InChI is InChI=1S/C10H19N3O/c1-13-4-5-14-9(7-13)6-12-10(11)8-2-3-8/h8-9H,2-7H2,1H3,(H2,11,12). The predicted molar refractivity (Wildman–Crippen MR) is 56.5 cm³/mol. The van der Waals surface area contributed by atoms with E-state index in [9.17, 15) is 0 Å². The predicted octanol–water partition coefficient (Wildman–Crippen LogP) is 0.0842. The van der Waals surface area contributed by atoms with Gasteiger partial charge in [-0.05, 0) is 19.9 Å². The Kier molecular flexibility index (Phi) is 3.03. The molecule has 1 heterocycles.